The molecule has 1 unspecified atom stereocenters. The molecular weight excluding hydrogens is 250 g/mol. The maximum absolute atomic E-state index is 12.2. The first kappa shape index (κ1) is 16.5. The molecule has 0 spiro atoms. The van der Waals surface area contributed by atoms with Crippen molar-refractivity contribution in [3.05, 3.63) is 29.8 Å². The average Bonchev–Trinajstić information content (AvgIpc) is 2.43. The molecule has 1 amide bonds. The number of benzene rings is 1. The fourth-order valence-corrected chi connectivity index (χ4v) is 2.13. The predicted molar refractivity (Wildman–Crippen MR) is 84.3 cm³/mol. The fourth-order valence-electron chi connectivity index (χ4n) is 2.13. The molecule has 0 fully saturated rings. The molecule has 0 radical (unpaired) electrons. The van der Waals surface area contributed by atoms with Crippen LogP contribution in [0.5, 0.6) is 0 Å². The molecular formula is C16H27N3O. The first-order valence-electron chi connectivity index (χ1n) is 7.32. The van der Waals surface area contributed by atoms with E-state index in [-0.39, 0.29) is 18.0 Å². The van der Waals surface area contributed by atoms with E-state index in [2.05, 4.69) is 19.2 Å². The minimum absolute atomic E-state index is 0.0881. The second kappa shape index (κ2) is 7.90. The quantitative estimate of drug-likeness (QED) is 0.752. The maximum Gasteiger partial charge on any atom is 0.237 e. The zero-order valence-corrected chi connectivity index (χ0v) is 13.0. The lowest BCUT2D eigenvalue weighted by atomic mass is 10.1. The van der Waals surface area contributed by atoms with Crippen molar-refractivity contribution in [2.45, 2.75) is 52.2 Å². The van der Waals surface area contributed by atoms with Gasteiger partial charge in [0.15, 0.2) is 0 Å². The summed E-state index contributed by atoms with van der Waals surface area (Å²) in [6.45, 7) is 6.83. The second-order valence-corrected chi connectivity index (χ2v) is 5.36. The fraction of sp³-hybridized carbons (Fsp3) is 0.562. The van der Waals surface area contributed by atoms with Gasteiger partial charge in [0.05, 0.1) is 6.04 Å². The molecule has 1 aromatic rings. The molecule has 1 rings (SSSR count). The Balaban J connectivity index is 2.57. The molecule has 0 aliphatic heterocycles. The van der Waals surface area contributed by atoms with Crippen molar-refractivity contribution in [1.29, 1.82) is 0 Å². The molecule has 0 heterocycles. The highest BCUT2D eigenvalue weighted by Crippen LogP contribution is 2.11. The number of likely N-dealkylation sites (N-methyl/N-ethyl adjacent to an activating group) is 1. The van der Waals surface area contributed by atoms with Crippen molar-refractivity contribution in [3.63, 3.8) is 0 Å². The lowest BCUT2D eigenvalue weighted by molar-refractivity contribution is -0.126. The number of anilines is 1. The summed E-state index contributed by atoms with van der Waals surface area (Å²) in [6.07, 6.45) is 1.93. The Hall–Kier alpha value is -1.55. The van der Waals surface area contributed by atoms with Crippen molar-refractivity contribution in [2.75, 3.05) is 12.8 Å². The van der Waals surface area contributed by atoms with Crippen LogP contribution in [0.3, 0.4) is 0 Å². The van der Waals surface area contributed by atoms with Gasteiger partial charge in [0.1, 0.15) is 0 Å². The molecule has 112 valence electrons. The third-order valence-electron chi connectivity index (χ3n) is 3.76. The summed E-state index contributed by atoms with van der Waals surface area (Å²) in [5.74, 6) is 0.0881. The zero-order valence-electron chi connectivity index (χ0n) is 13.0. The van der Waals surface area contributed by atoms with Crippen molar-refractivity contribution in [3.8, 4) is 0 Å². The Morgan fingerprint density at radius 1 is 1.35 bits per heavy atom. The van der Waals surface area contributed by atoms with Gasteiger partial charge in [-0.1, -0.05) is 26.0 Å². The topological polar surface area (TPSA) is 58.4 Å². The SMILES string of the molecule is CCC(CC)NC(=O)C(C)N(C)Cc1cccc(N)c1. The highest BCUT2D eigenvalue weighted by molar-refractivity contribution is 5.81. The van der Waals surface area contributed by atoms with Crippen LogP contribution in [0.15, 0.2) is 24.3 Å². The Morgan fingerprint density at radius 3 is 2.55 bits per heavy atom. The van der Waals surface area contributed by atoms with Gasteiger partial charge in [-0.05, 0) is 44.5 Å². The number of carbonyl (C=O) groups is 1. The standard InChI is InChI=1S/C16H27N3O/c1-5-15(6-2)18-16(20)12(3)19(4)11-13-8-7-9-14(17)10-13/h7-10,12,15H,5-6,11,17H2,1-4H3,(H,18,20). The molecule has 4 heteroatoms. The number of nitrogens with two attached hydrogens (primary N) is 1. The van der Waals surface area contributed by atoms with E-state index in [9.17, 15) is 4.79 Å². The summed E-state index contributed by atoms with van der Waals surface area (Å²) >= 11 is 0. The van der Waals surface area contributed by atoms with E-state index in [1.807, 2.05) is 43.1 Å². The van der Waals surface area contributed by atoms with Crippen molar-refractivity contribution in [2.24, 2.45) is 0 Å². The van der Waals surface area contributed by atoms with Gasteiger partial charge >= 0.3 is 0 Å². The van der Waals surface area contributed by atoms with Crippen LogP contribution >= 0.6 is 0 Å². The molecule has 4 nitrogen and oxygen atoms in total. The summed E-state index contributed by atoms with van der Waals surface area (Å²) in [6, 6.07) is 7.89. The zero-order chi connectivity index (χ0) is 15.1. The van der Waals surface area contributed by atoms with Gasteiger partial charge < -0.3 is 11.1 Å². The van der Waals surface area contributed by atoms with Crippen LogP contribution in [0, 0.1) is 0 Å². The van der Waals surface area contributed by atoms with Crippen molar-refractivity contribution < 1.29 is 4.79 Å². The largest absolute Gasteiger partial charge is 0.399 e. The molecule has 0 bridgehead atoms. The smallest absolute Gasteiger partial charge is 0.237 e. The number of carbonyl (C=O) groups excluding carboxylic acids is 1. The summed E-state index contributed by atoms with van der Waals surface area (Å²) in [4.78, 5) is 14.2. The van der Waals surface area contributed by atoms with Gasteiger partial charge in [0.2, 0.25) is 5.91 Å². The summed E-state index contributed by atoms with van der Waals surface area (Å²) in [5, 5.41) is 3.09. The number of nitrogen functional groups attached to an aromatic ring is 1. The number of hydrogen-bond donors (Lipinski definition) is 2. The lowest BCUT2D eigenvalue weighted by Gasteiger charge is -2.26. The van der Waals surface area contributed by atoms with Gasteiger partial charge in [0, 0.05) is 18.3 Å². The van der Waals surface area contributed by atoms with Crippen molar-refractivity contribution in [1.82, 2.24) is 10.2 Å². The molecule has 1 aromatic carbocycles. The van der Waals surface area contributed by atoms with Crippen LogP contribution in [0.2, 0.25) is 0 Å². The second-order valence-electron chi connectivity index (χ2n) is 5.36. The highest BCUT2D eigenvalue weighted by atomic mass is 16.2. The molecule has 0 aromatic heterocycles. The summed E-state index contributed by atoms with van der Waals surface area (Å²) < 4.78 is 0. The van der Waals surface area contributed by atoms with Crippen LogP contribution in [0.4, 0.5) is 5.69 Å². The van der Waals surface area contributed by atoms with Gasteiger partial charge in [-0.25, -0.2) is 0 Å². The summed E-state index contributed by atoms with van der Waals surface area (Å²) in [7, 11) is 1.96. The minimum atomic E-state index is -0.156. The number of amides is 1. The average molecular weight is 277 g/mol. The van der Waals surface area contributed by atoms with Crippen LogP contribution < -0.4 is 11.1 Å². The van der Waals surface area contributed by atoms with Crippen molar-refractivity contribution >= 4 is 11.6 Å². The van der Waals surface area contributed by atoms with Gasteiger partial charge in [-0.15, -0.1) is 0 Å². The Bertz CT molecular complexity index is 429. The number of rotatable bonds is 7. The van der Waals surface area contributed by atoms with E-state index in [1.54, 1.807) is 0 Å². The van der Waals surface area contributed by atoms with E-state index >= 15 is 0 Å². The molecule has 3 N–H and O–H groups in total. The maximum atomic E-state index is 12.2. The Morgan fingerprint density at radius 2 is 2.00 bits per heavy atom. The summed E-state index contributed by atoms with van der Waals surface area (Å²) in [5.41, 5.74) is 7.65. The highest BCUT2D eigenvalue weighted by Gasteiger charge is 2.19. The number of nitrogens with one attached hydrogen (secondary N) is 1. The van der Waals surface area contributed by atoms with E-state index in [0.29, 0.717) is 6.54 Å². The number of nitrogens with zero attached hydrogens (tertiary/aromatic N) is 1. The minimum Gasteiger partial charge on any atom is -0.399 e. The van der Waals surface area contributed by atoms with E-state index in [1.165, 1.54) is 0 Å². The monoisotopic (exact) mass is 277 g/mol. The van der Waals surface area contributed by atoms with Crippen LogP contribution in [0.25, 0.3) is 0 Å². The number of hydrogen-bond acceptors (Lipinski definition) is 3. The lowest BCUT2D eigenvalue weighted by Crippen LogP contribution is -2.46. The van der Waals surface area contributed by atoms with Crippen LogP contribution in [-0.2, 0) is 11.3 Å². The van der Waals surface area contributed by atoms with Gasteiger partial charge in [-0.3, -0.25) is 9.69 Å². The van der Waals surface area contributed by atoms with Gasteiger partial charge in [-0.2, -0.15) is 0 Å². The normalized spacial score (nSPS) is 12.7. The van der Waals surface area contributed by atoms with Crippen LogP contribution in [0.1, 0.15) is 39.2 Å². The molecule has 0 saturated carbocycles. The van der Waals surface area contributed by atoms with E-state index < -0.39 is 0 Å². The van der Waals surface area contributed by atoms with Gasteiger partial charge in [0.25, 0.3) is 0 Å². The first-order chi connectivity index (χ1) is 9.47. The third-order valence-corrected chi connectivity index (χ3v) is 3.76. The third kappa shape index (κ3) is 4.85. The Kier molecular flexibility index (Phi) is 6.52. The molecule has 20 heavy (non-hydrogen) atoms. The van der Waals surface area contributed by atoms with E-state index in [0.717, 1.165) is 24.1 Å². The molecule has 0 saturated heterocycles. The molecule has 0 aliphatic rings. The first-order valence-corrected chi connectivity index (χ1v) is 7.32. The van der Waals surface area contributed by atoms with E-state index in [4.69, 9.17) is 5.73 Å². The predicted octanol–water partition coefficient (Wildman–Crippen LogP) is 2.39. The molecule has 0 aliphatic carbocycles. The molecule has 1 atom stereocenters. The Labute approximate surface area is 122 Å². The van der Waals surface area contributed by atoms with Crippen LogP contribution in [-0.4, -0.2) is 29.9 Å².